The number of nitrogens with one attached hydrogen (secondary N) is 2. The largest absolute Gasteiger partial charge is 0.381 e. The molecular formula is C24H40N4O2. The van der Waals surface area contributed by atoms with Crippen molar-refractivity contribution in [2.45, 2.75) is 51.6 Å². The summed E-state index contributed by atoms with van der Waals surface area (Å²) in [5, 5.41) is 7.04. The monoisotopic (exact) mass is 416 g/mol. The second-order valence-corrected chi connectivity index (χ2v) is 8.67. The summed E-state index contributed by atoms with van der Waals surface area (Å²) in [5.41, 5.74) is 2.76. The summed E-state index contributed by atoms with van der Waals surface area (Å²) in [5.74, 6) is 1.59. The highest BCUT2D eigenvalue weighted by Gasteiger charge is 2.20. The van der Waals surface area contributed by atoms with E-state index in [2.05, 4.69) is 51.7 Å². The van der Waals surface area contributed by atoms with Gasteiger partial charge in [0.1, 0.15) is 0 Å². The normalized spacial score (nSPS) is 19.7. The number of aryl methyl sites for hydroxylation is 1. The van der Waals surface area contributed by atoms with Crippen molar-refractivity contribution in [3.05, 3.63) is 35.4 Å². The van der Waals surface area contributed by atoms with Crippen molar-refractivity contribution in [3.8, 4) is 0 Å². The number of likely N-dealkylation sites (tertiary alicyclic amines) is 1. The van der Waals surface area contributed by atoms with Crippen molar-refractivity contribution in [3.63, 3.8) is 0 Å². The smallest absolute Gasteiger partial charge is 0.191 e. The molecule has 2 N–H and O–H groups in total. The summed E-state index contributed by atoms with van der Waals surface area (Å²) in [6.45, 7) is 9.82. The Labute approximate surface area is 182 Å². The van der Waals surface area contributed by atoms with Crippen molar-refractivity contribution in [2.75, 3.05) is 53.1 Å². The first-order valence-corrected chi connectivity index (χ1v) is 11.6. The van der Waals surface area contributed by atoms with Gasteiger partial charge in [0.15, 0.2) is 5.96 Å². The van der Waals surface area contributed by atoms with Gasteiger partial charge in [-0.05, 0) is 50.5 Å². The Morgan fingerprint density at radius 1 is 1.20 bits per heavy atom. The Morgan fingerprint density at radius 3 is 2.73 bits per heavy atom. The molecule has 0 bridgehead atoms. The molecule has 2 heterocycles. The summed E-state index contributed by atoms with van der Waals surface area (Å²) in [7, 11) is 1.85. The van der Waals surface area contributed by atoms with E-state index in [1.165, 1.54) is 11.1 Å². The minimum atomic E-state index is 0.495. The molecule has 0 aliphatic carbocycles. The van der Waals surface area contributed by atoms with E-state index in [0.29, 0.717) is 12.0 Å². The quantitative estimate of drug-likeness (QED) is 0.368. The van der Waals surface area contributed by atoms with Gasteiger partial charge in [-0.2, -0.15) is 0 Å². The van der Waals surface area contributed by atoms with Gasteiger partial charge in [0.25, 0.3) is 0 Å². The molecule has 6 heteroatoms. The molecule has 2 aliphatic heterocycles. The number of nitrogens with zero attached hydrogens (tertiary/aromatic N) is 2. The molecule has 6 nitrogen and oxygen atoms in total. The maximum atomic E-state index is 5.85. The van der Waals surface area contributed by atoms with Crippen LogP contribution in [0.4, 0.5) is 0 Å². The lowest BCUT2D eigenvalue weighted by Crippen LogP contribution is -2.48. The number of rotatable bonds is 9. The third kappa shape index (κ3) is 8.25. The SMILES string of the molecule is CN=C(NCCCOCC1CCOCC1)NC1CCN(Cc2cccc(C)c2)CC1. The zero-order chi connectivity index (χ0) is 21.0. The fraction of sp³-hybridized carbons (Fsp3) is 0.708. The number of aliphatic imine (C=N–C) groups is 1. The zero-order valence-corrected chi connectivity index (χ0v) is 18.9. The van der Waals surface area contributed by atoms with E-state index in [1.54, 1.807) is 0 Å². The summed E-state index contributed by atoms with van der Waals surface area (Å²) in [4.78, 5) is 6.95. The minimum absolute atomic E-state index is 0.495. The average molecular weight is 417 g/mol. The molecule has 2 fully saturated rings. The third-order valence-electron chi connectivity index (χ3n) is 6.09. The number of hydrogen-bond acceptors (Lipinski definition) is 4. The topological polar surface area (TPSA) is 58.1 Å². The highest BCUT2D eigenvalue weighted by molar-refractivity contribution is 5.79. The first-order valence-electron chi connectivity index (χ1n) is 11.6. The molecule has 30 heavy (non-hydrogen) atoms. The summed E-state index contributed by atoms with van der Waals surface area (Å²) >= 11 is 0. The fourth-order valence-electron chi connectivity index (χ4n) is 4.24. The predicted molar refractivity (Wildman–Crippen MR) is 123 cm³/mol. The van der Waals surface area contributed by atoms with Gasteiger partial charge in [0.2, 0.25) is 0 Å². The van der Waals surface area contributed by atoms with E-state index in [4.69, 9.17) is 9.47 Å². The number of hydrogen-bond donors (Lipinski definition) is 2. The second kappa shape index (κ2) is 12.9. The van der Waals surface area contributed by atoms with Gasteiger partial charge in [0, 0.05) is 65.7 Å². The molecule has 0 aromatic heterocycles. The molecule has 2 aliphatic rings. The maximum absolute atomic E-state index is 5.85. The average Bonchev–Trinajstić information content (AvgIpc) is 2.77. The number of ether oxygens (including phenoxy) is 2. The molecular weight excluding hydrogens is 376 g/mol. The van der Waals surface area contributed by atoms with Crippen LogP contribution in [0.5, 0.6) is 0 Å². The van der Waals surface area contributed by atoms with Gasteiger partial charge in [0.05, 0.1) is 0 Å². The van der Waals surface area contributed by atoms with Crippen LogP contribution in [0.15, 0.2) is 29.3 Å². The Kier molecular flexibility index (Phi) is 9.93. The predicted octanol–water partition coefficient (Wildman–Crippen LogP) is 2.96. The van der Waals surface area contributed by atoms with Gasteiger partial charge < -0.3 is 20.1 Å². The molecule has 0 saturated carbocycles. The first-order chi connectivity index (χ1) is 14.7. The van der Waals surface area contributed by atoms with Gasteiger partial charge in [-0.25, -0.2) is 0 Å². The van der Waals surface area contributed by atoms with Crippen molar-refractivity contribution < 1.29 is 9.47 Å². The van der Waals surface area contributed by atoms with Crippen LogP contribution in [-0.2, 0) is 16.0 Å². The van der Waals surface area contributed by atoms with Crippen LogP contribution >= 0.6 is 0 Å². The Balaban J connectivity index is 1.25. The molecule has 1 aromatic rings. The molecule has 0 radical (unpaired) electrons. The first kappa shape index (κ1) is 23.0. The second-order valence-electron chi connectivity index (χ2n) is 8.67. The van der Waals surface area contributed by atoms with Crippen molar-refractivity contribution in [2.24, 2.45) is 10.9 Å². The fourth-order valence-corrected chi connectivity index (χ4v) is 4.24. The third-order valence-corrected chi connectivity index (χ3v) is 6.09. The highest BCUT2D eigenvalue weighted by atomic mass is 16.5. The van der Waals surface area contributed by atoms with Gasteiger partial charge >= 0.3 is 0 Å². The van der Waals surface area contributed by atoms with Gasteiger partial charge in [-0.3, -0.25) is 9.89 Å². The molecule has 0 unspecified atom stereocenters. The minimum Gasteiger partial charge on any atom is -0.381 e. The molecule has 168 valence electrons. The van der Waals surface area contributed by atoms with Crippen LogP contribution < -0.4 is 10.6 Å². The standard InChI is InChI=1S/C24H40N4O2/c1-20-5-3-6-22(17-20)18-28-12-7-23(8-13-28)27-24(25-2)26-11-4-14-30-19-21-9-15-29-16-10-21/h3,5-6,17,21,23H,4,7-16,18-19H2,1-2H3,(H2,25,26,27). The van der Waals surface area contributed by atoms with Crippen LogP contribution in [0.2, 0.25) is 0 Å². The van der Waals surface area contributed by atoms with E-state index in [-0.39, 0.29) is 0 Å². The number of guanidine groups is 1. The molecule has 0 spiro atoms. The van der Waals surface area contributed by atoms with Gasteiger partial charge in [-0.1, -0.05) is 29.8 Å². The number of piperidine rings is 1. The van der Waals surface area contributed by atoms with E-state index < -0.39 is 0 Å². The lowest BCUT2D eigenvalue weighted by atomic mass is 10.0. The number of benzene rings is 1. The lowest BCUT2D eigenvalue weighted by molar-refractivity contribution is 0.0203. The molecule has 0 amide bonds. The van der Waals surface area contributed by atoms with Crippen molar-refractivity contribution in [1.82, 2.24) is 15.5 Å². The Bertz CT molecular complexity index is 638. The van der Waals surface area contributed by atoms with E-state index in [9.17, 15) is 0 Å². The molecule has 1 aromatic carbocycles. The van der Waals surface area contributed by atoms with Crippen LogP contribution in [0.1, 0.15) is 43.2 Å². The van der Waals surface area contributed by atoms with Crippen molar-refractivity contribution >= 4 is 5.96 Å². The lowest BCUT2D eigenvalue weighted by Gasteiger charge is -2.33. The summed E-state index contributed by atoms with van der Waals surface area (Å²) < 4.78 is 11.2. The molecule has 0 atom stereocenters. The van der Waals surface area contributed by atoms with Crippen LogP contribution in [0.3, 0.4) is 0 Å². The molecule has 3 rings (SSSR count). The van der Waals surface area contributed by atoms with Gasteiger partial charge in [-0.15, -0.1) is 0 Å². The zero-order valence-electron chi connectivity index (χ0n) is 18.9. The molecule has 2 saturated heterocycles. The van der Waals surface area contributed by atoms with Crippen LogP contribution in [0.25, 0.3) is 0 Å². The maximum Gasteiger partial charge on any atom is 0.191 e. The van der Waals surface area contributed by atoms with E-state index in [0.717, 1.165) is 90.7 Å². The summed E-state index contributed by atoms with van der Waals surface area (Å²) in [6, 6.07) is 9.34. The van der Waals surface area contributed by atoms with Crippen molar-refractivity contribution in [1.29, 1.82) is 0 Å². The van der Waals surface area contributed by atoms with E-state index >= 15 is 0 Å². The Morgan fingerprint density at radius 2 is 2.00 bits per heavy atom. The van der Waals surface area contributed by atoms with Crippen LogP contribution in [0, 0.1) is 12.8 Å². The highest BCUT2D eigenvalue weighted by Crippen LogP contribution is 2.15. The Hall–Kier alpha value is -1.63. The van der Waals surface area contributed by atoms with E-state index in [1.807, 2.05) is 7.05 Å². The van der Waals surface area contributed by atoms with Crippen LogP contribution in [-0.4, -0.2) is 70.0 Å². The summed E-state index contributed by atoms with van der Waals surface area (Å²) in [6.07, 6.45) is 5.58.